The summed E-state index contributed by atoms with van der Waals surface area (Å²) < 4.78 is 40.9. The monoisotopic (exact) mass is 345 g/mol. The second-order valence-electron chi connectivity index (χ2n) is 4.89. The Bertz CT molecular complexity index is 760. The van der Waals surface area contributed by atoms with Gasteiger partial charge in [0.2, 0.25) is 0 Å². The maximum Gasteiger partial charge on any atom is 0.253 e. The molecule has 7 heteroatoms. The summed E-state index contributed by atoms with van der Waals surface area (Å²) >= 11 is 6.88. The predicted molar refractivity (Wildman–Crippen MR) is 81.6 cm³/mol. The first-order valence-corrected chi connectivity index (χ1v) is 9.14. The minimum Gasteiger partial charge on any atom is -0.207 e. The van der Waals surface area contributed by atoms with Gasteiger partial charge in [0.15, 0.2) is 0 Å². The third-order valence-electron chi connectivity index (χ3n) is 3.55. The average Bonchev–Trinajstić information content (AvgIpc) is 3.07. The molecule has 3 nitrogen and oxygen atoms in total. The lowest BCUT2D eigenvalue weighted by atomic mass is 10.1. The van der Waals surface area contributed by atoms with Crippen LogP contribution in [0.1, 0.15) is 24.4 Å². The van der Waals surface area contributed by atoms with Gasteiger partial charge >= 0.3 is 0 Å². The van der Waals surface area contributed by atoms with Crippen LogP contribution in [-0.4, -0.2) is 19.3 Å². The van der Waals surface area contributed by atoms with E-state index in [9.17, 15) is 12.8 Å². The zero-order valence-corrected chi connectivity index (χ0v) is 13.4. The van der Waals surface area contributed by atoms with Gasteiger partial charge in [0.25, 0.3) is 10.0 Å². The van der Waals surface area contributed by atoms with Crippen molar-refractivity contribution in [2.75, 3.05) is 6.54 Å². The fourth-order valence-electron chi connectivity index (χ4n) is 2.63. The summed E-state index contributed by atoms with van der Waals surface area (Å²) in [5.74, 6) is -0.351. The lowest BCUT2D eigenvalue weighted by Crippen LogP contribution is -2.30. The molecule has 0 saturated carbocycles. The smallest absolute Gasteiger partial charge is 0.207 e. The van der Waals surface area contributed by atoms with Crippen molar-refractivity contribution in [2.45, 2.75) is 23.1 Å². The molecule has 1 aromatic carbocycles. The first-order valence-electron chi connectivity index (χ1n) is 6.51. The highest BCUT2D eigenvalue weighted by molar-refractivity contribution is 7.91. The quantitative estimate of drug-likeness (QED) is 0.841. The van der Waals surface area contributed by atoms with Crippen molar-refractivity contribution >= 4 is 33.0 Å². The van der Waals surface area contributed by atoms with E-state index >= 15 is 0 Å². The summed E-state index contributed by atoms with van der Waals surface area (Å²) in [5.41, 5.74) is 0.693. The van der Waals surface area contributed by atoms with E-state index in [0.717, 1.165) is 17.8 Å². The van der Waals surface area contributed by atoms with Crippen molar-refractivity contribution in [1.82, 2.24) is 4.31 Å². The average molecular weight is 346 g/mol. The van der Waals surface area contributed by atoms with Crippen molar-refractivity contribution in [3.63, 3.8) is 0 Å². The second-order valence-corrected chi connectivity index (χ2v) is 8.72. The van der Waals surface area contributed by atoms with Gasteiger partial charge in [-0.2, -0.15) is 4.31 Å². The zero-order chi connectivity index (χ0) is 15.0. The third-order valence-corrected chi connectivity index (χ3v) is 7.16. The van der Waals surface area contributed by atoms with E-state index in [1.165, 1.54) is 22.5 Å². The molecule has 112 valence electrons. The zero-order valence-electron chi connectivity index (χ0n) is 11.0. The molecule has 3 rings (SSSR count). The fourth-order valence-corrected chi connectivity index (χ4v) is 5.92. The number of thiophene rings is 1. The van der Waals surface area contributed by atoms with E-state index in [0.29, 0.717) is 22.9 Å². The Balaban J connectivity index is 1.97. The highest BCUT2D eigenvalue weighted by atomic mass is 35.5. The number of sulfonamides is 1. The maximum absolute atomic E-state index is 13.4. The van der Waals surface area contributed by atoms with Crippen LogP contribution < -0.4 is 0 Å². The van der Waals surface area contributed by atoms with Crippen LogP contribution in [0.3, 0.4) is 0 Å². The van der Waals surface area contributed by atoms with Crippen LogP contribution in [0.25, 0.3) is 0 Å². The molecular formula is C14H13ClFNO2S2. The van der Waals surface area contributed by atoms with E-state index in [1.807, 2.05) is 0 Å². The van der Waals surface area contributed by atoms with Gasteiger partial charge in [-0.25, -0.2) is 12.8 Å². The Kier molecular flexibility index (Phi) is 4.05. The number of rotatable bonds is 3. The highest BCUT2D eigenvalue weighted by Gasteiger charge is 2.37. The standard InChI is InChI=1S/C14H13ClFNO2S2/c15-13-6-7-14(20-13)21(18,19)17-8-2-5-12(17)10-3-1-4-11(16)9-10/h1,3-4,6-7,9,12H,2,5,8H2/t12-/m0/s1. The molecule has 21 heavy (non-hydrogen) atoms. The largest absolute Gasteiger partial charge is 0.253 e. The van der Waals surface area contributed by atoms with E-state index in [2.05, 4.69) is 0 Å². The summed E-state index contributed by atoms with van der Waals surface area (Å²) in [6, 6.07) is 8.91. The van der Waals surface area contributed by atoms with E-state index in [4.69, 9.17) is 11.6 Å². The van der Waals surface area contributed by atoms with Crippen LogP contribution in [0, 0.1) is 5.82 Å². The Morgan fingerprint density at radius 2 is 2.10 bits per heavy atom. The second kappa shape index (κ2) is 5.68. The van der Waals surface area contributed by atoms with Crippen LogP contribution in [0.4, 0.5) is 4.39 Å². The van der Waals surface area contributed by atoms with Gasteiger partial charge in [0.1, 0.15) is 10.0 Å². The molecule has 1 aliphatic rings. The summed E-state index contributed by atoms with van der Waals surface area (Å²) in [6.07, 6.45) is 1.46. The summed E-state index contributed by atoms with van der Waals surface area (Å²) in [7, 11) is -3.58. The van der Waals surface area contributed by atoms with Gasteiger partial charge in [0.05, 0.1) is 10.4 Å². The minimum atomic E-state index is -3.58. The minimum absolute atomic E-state index is 0.232. The Morgan fingerprint density at radius 1 is 1.29 bits per heavy atom. The topological polar surface area (TPSA) is 37.4 Å². The molecule has 1 aromatic heterocycles. The first-order chi connectivity index (χ1) is 9.98. The molecule has 1 aliphatic heterocycles. The molecule has 0 unspecified atom stereocenters. The Labute approximate surface area is 132 Å². The van der Waals surface area contributed by atoms with Gasteiger partial charge in [0, 0.05) is 6.54 Å². The van der Waals surface area contributed by atoms with Crippen molar-refractivity contribution < 1.29 is 12.8 Å². The van der Waals surface area contributed by atoms with Gasteiger partial charge in [-0.3, -0.25) is 0 Å². The molecule has 0 amide bonds. The van der Waals surface area contributed by atoms with Crippen molar-refractivity contribution in [3.05, 3.63) is 52.1 Å². The summed E-state index contributed by atoms with van der Waals surface area (Å²) in [5, 5.41) is 0. The van der Waals surface area contributed by atoms with Crippen LogP contribution in [0.5, 0.6) is 0 Å². The van der Waals surface area contributed by atoms with Crippen molar-refractivity contribution in [3.8, 4) is 0 Å². The first kappa shape index (κ1) is 15.0. The SMILES string of the molecule is O=S(=O)(c1ccc(Cl)s1)N1CCC[C@H]1c1cccc(F)c1. The van der Waals surface area contributed by atoms with Gasteiger partial charge in [-0.1, -0.05) is 23.7 Å². The number of benzene rings is 1. The summed E-state index contributed by atoms with van der Waals surface area (Å²) in [4.78, 5) is 0. The van der Waals surface area contributed by atoms with E-state index in [-0.39, 0.29) is 16.1 Å². The molecule has 0 bridgehead atoms. The van der Waals surface area contributed by atoms with Gasteiger partial charge in [-0.15, -0.1) is 11.3 Å². The maximum atomic E-state index is 13.4. The van der Waals surface area contributed by atoms with Gasteiger partial charge in [-0.05, 0) is 42.7 Å². The van der Waals surface area contributed by atoms with Crippen LogP contribution in [-0.2, 0) is 10.0 Å². The molecular weight excluding hydrogens is 333 g/mol. The Hall–Kier alpha value is -0.950. The number of halogens is 2. The van der Waals surface area contributed by atoms with Crippen molar-refractivity contribution in [1.29, 1.82) is 0 Å². The molecule has 0 N–H and O–H groups in total. The molecule has 0 radical (unpaired) electrons. The van der Waals surface area contributed by atoms with E-state index in [1.54, 1.807) is 18.2 Å². The Morgan fingerprint density at radius 3 is 2.76 bits per heavy atom. The van der Waals surface area contributed by atoms with Crippen LogP contribution >= 0.6 is 22.9 Å². The van der Waals surface area contributed by atoms with Crippen LogP contribution in [0.15, 0.2) is 40.6 Å². The fraction of sp³-hybridized carbons (Fsp3) is 0.286. The molecule has 2 aromatic rings. The third kappa shape index (κ3) is 2.85. The number of hydrogen-bond donors (Lipinski definition) is 0. The number of nitrogens with zero attached hydrogens (tertiary/aromatic N) is 1. The predicted octanol–water partition coefficient (Wildman–Crippen LogP) is 4.07. The summed E-state index contributed by atoms with van der Waals surface area (Å²) in [6.45, 7) is 0.443. The van der Waals surface area contributed by atoms with Crippen molar-refractivity contribution in [2.24, 2.45) is 0 Å². The van der Waals surface area contributed by atoms with Gasteiger partial charge < -0.3 is 0 Å². The number of hydrogen-bond acceptors (Lipinski definition) is 3. The molecule has 1 fully saturated rings. The van der Waals surface area contributed by atoms with Crippen LogP contribution in [0.2, 0.25) is 4.34 Å². The molecule has 1 saturated heterocycles. The normalized spacial score (nSPS) is 20.0. The lowest BCUT2D eigenvalue weighted by Gasteiger charge is -2.23. The lowest BCUT2D eigenvalue weighted by molar-refractivity contribution is 0.396. The molecule has 2 heterocycles. The molecule has 0 spiro atoms. The highest BCUT2D eigenvalue weighted by Crippen LogP contribution is 2.38. The van der Waals surface area contributed by atoms with E-state index < -0.39 is 10.0 Å². The molecule has 0 aliphatic carbocycles. The molecule has 1 atom stereocenters.